The van der Waals surface area contributed by atoms with Crippen molar-refractivity contribution < 1.29 is 22.7 Å². The van der Waals surface area contributed by atoms with Gasteiger partial charge in [0, 0.05) is 52.2 Å². The number of hydrogen-bond acceptors (Lipinski definition) is 5. The fourth-order valence-corrected chi connectivity index (χ4v) is 3.72. The summed E-state index contributed by atoms with van der Waals surface area (Å²) in [6, 6.07) is 3.29. The van der Waals surface area contributed by atoms with Gasteiger partial charge in [-0.25, -0.2) is 4.98 Å². The maximum atomic E-state index is 12.9. The largest absolute Gasteiger partial charge is 0.496 e. The number of hydrogen-bond donors (Lipinski definition) is 0. The number of anilines is 1. The number of carbonyl (C=O) groups excluding carboxylic acids is 1. The van der Waals surface area contributed by atoms with Gasteiger partial charge in [-0.05, 0) is 30.9 Å². The molecule has 0 spiro atoms. The summed E-state index contributed by atoms with van der Waals surface area (Å²) < 4.78 is 45.3. The minimum atomic E-state index is -4.41. The molecular formula is C21H25F3N4O3. The first-order chi connectivity index (χ1) is 14.6. The van der Waals surface area contributed by atoms with E-state index in [1.165, 1.54) is 23.9 Å². The van der Waals surface area contributed by atoms with Gasteiger partial charge in [0.15, 0.2) is 0 Å². The number of ether oxygens (including phenoxy) is 1. The number of alkyl halides is 3. The lowest BCUT2D eigenvalue weighted by Gasteiger charge is -2.34. The van der Waals surface area contributed by atoms with Crippen molar-refractivity contribution in [3.63, 3.8) is 0 Å². The first-order valence-corrected chi connectivity index (χ1v) is 9.88. The van der Waals surface area contributed by atoms with Crippen LogP contribution in [0.2, 0.25) is 0 Å². The molecule has 0 saturated carbocycles. The van der Waals surface area contributed by atoms with Crippen LogP contribution in [0.5, 0.6) is 5.75 Å². The molecule has 7 nitrogen and oxygen atoms in total. The van der Waals surface area contributed by atoms with E-state index < -0.39 is 11.7 Å². The van der Waals surface area contributed by atoms with E-state index in [2.05, 4.69) is 4.98 Å². The van der Waals surface area contributed by atoms with E-state index in [4.69, 9.17) is 4.74 Å². The van der Waals surface area contributed by atoms with E-state index in [1.807, 2.05) is 0 Å². The number of amides is 1. The second kappa shape index (κ2) is 8.99. The third kappa shape index (κ3) is 5.18. The maximum absolute atomic E-state index is 12.9. The Labute approximate surface area is 178 Å². The van der Waals surface area contributed by atoms with Crippen LogP contribution >= 0.6 is 0 Å². The van der Waals surface area contributed by atoms with E-state index >= 15 is 0 Å². The molecule has 3 heterocycles. The molecule has 1 aliphatic heterocycles. The summed E-state index contributed by atoms with van der Waals surface area (Å²) in [7, 11) is 4.70. The zero-order chi connectivity index (χ0) is 22.8. The van der Waals surface area contributed by atoms with Gasteiger partial charge in [0.1, 0.15) is 11.6 Å². The molecular weight excluding hydrogens is 413 g/mol. The highest BCUT2D eigenvalue weighted by Crippen LogP contribution is 2.31. The molecule has 31 heavy (non-hydrogen) atoms. The first kappa shape index (κ1) is 22.6. The van der Waals surface area contributed by atoms with Gasteiger partial charge < -0.3 is 19.1 Å². The molecule has 10 heteroatoms. The van der Waals surface area contributed by atoms with E-state index in [9.17, 15) is 22.8 Å². The average Bonchev–Trinajstić information content (AvgIpc) is 2.75. The SMILES string of the molecule is COc1cc(=O)n(C)cc1C(=O)N1CCC(CN(C)c2cc(C(F)(F)F)ccn2)CC1. The van der Waals surface area contributed by atoms with E-state index in [1.54, 1.807) is 23.9 Å². The Balaban J connectivity index is 1.62. The van der Waals surface area contributed by atoms with Crippen LogP contribution in [0, 0.1) is 5.92 Å². The van der Waals surface area contributed by atoms with Crippen LogP contribution < -0.4 is 15.2 Å². The highest BCUT2D eigenvalue weighted by molar-refractivity contribution is 5.96. The van der Waals surface area contributed by atoms with Crippen molar-refractivity contribution in [2.75, 3.05) is 38.7 Å². The second-order valence-corrected chi connectivity index (χ2v) is 7.72. The van der Waals surface area contributed by atoms with Crippen LogP contribution in [0.3, 0.4) is 0 Å². The predicted octanol–water partition coefficient (Wildman–Crippen LogP) is 2.80. The number of carbonyl (C=O) groups is 1. The van der Waals surface area contributed by atoms with Crippen molar-refractivity contribution in [1.82, 2.24) is 14.5 Å². The number of piperidine rings is 1. The first-order valence-electron chi connectivity index (χ1n) is 9.88. The molecule has 0 N–H and O–H groups in total. The molecule has 0 atom stereocenters. The predicted molar refractivity (Wildman–Crippen MR) is 109 cm³/mol. The lowest BCUT2D eigenvalue weighted by molar-refractivity contribution is -0.137. The number of likely N-dealkylation sites (tertiary alicyclic amines) is 1. The van der Waals surface area contributed by atoms with E-state index in [-0.39, 0.29) is 29.0 Å². The van der Waals surface area contributed by atoms with Crippen LogP contribution in [0.15, 0.2) is 35.4 Å². The highest BCUT2D eigenvalue weighted by Gasteiger charge is 2.31. The maximum Gasteiger partial charge on any atom is 0.416 e. The van der Waals surface area contributed by atoms with Gasteiger partial charge in [-0.1, -0.05) is 0 Å². The zero-order valence-corrected chi connectivity index (χ0v) is 17.6. The lowest BCUT2D eigenvalue weighted by Crippen LogP contribution is -2.41. The minimum absolute atomic E-state index is 0.209. The van der Waals surface area contributed by atoms with Gasteiger partial charge in [0.05, 0.1) is 18.2 Å². The van der Waals surface area contributed by atoms with Gasteiger partial charge in [-0.2, -0.15) is 13.2 Å². The summed E-state index contributed by atoms with van der Waals surface area (Å²) in [5.74, 6) is 0.514. The quantitative estimate of drug-likeness (QED) is 0.718. The summed E-state index contributed by atoms with van der Waals surface area (Å²) in [5, 5.41) is 0. The molecule has 3 rings (SSSR count). The van der Waals surface area contributed by atoms with Crippen molar-refractivity contribution in [2.24, 2.45) is 13.0 Å². The molecule has 2 aromatic heterocycles. The van der Waals surface area contributed by atoms with Gasteiger partial charge in [0.25, 0.3) is 11.5 Å². The Kier molecular flexibility index (Phi) is 6.56. The van der Waals surface area contributed by atoms with Gasteiger partial charge in [0.2, 0.25) is 0 Å². The van der Waals surface area contributed by atoms with Crippen molar-refractivity contribution in [3.8, 4) is 5.75 Å². The lowest BCUT2D eigenvalue weighted by atomic mass is 9.95. The number of aromatic nitrogens is 2. The fourth-order valence-electron chi connectivity index (χ4n) is 3.72. The van der Waals surface area contributed by atoms with Gasteiger partial charge >= 0.3 is 6.18 Å². The standard InChI is InChI=1S/C21H25F3N4O3/c1-26(18-10-15(4-7-25-18)21(22,23)24)12-14-5-8-28(9-6-14)20(30)16-13-27(2)19(29)11-17(16)31-3/h4,7,10-11,13-14H,5-6,8-9,12H2,1-3H3. The van der Waals surface area contributed by atoms with Crippen molar-refractivity contribution >= 4 is 11.7 Å². The summed E-state index contributed by atoms with van der Waals surface area (Å²) in [4.78, 5) is 32.2. The number of methoxy groups -OCH3 is 1. The summed E-state index contributed by atoms with van der Waals surface area (Å²) in [6.45, 7) is 1.57. The van der Waals surface area contributed by atoms with Crippen LogP contribution in [-0.2, 0) is 13.2 Å². The van der Waals surface area contributed by atoms with E-state index in [0.717, 1.165) is 18.3 Å². The number of nitrogens with zero attached hydrogens (tertiary/aromatic N) is 4. The molecule has 1 saturated heterocycles. The molecule has 168 valence electrons. The molecule has 0 aliphatic carbocycles. The summed E-state index contributed by atoms with van der Waals surface area (Å²) in [5.41, 5.74) is -0.664. The normalized spacial score (nSPS) is 15.1. The van der Waals surface area contributed by atoms with Crippen LogP contribution in [0.25, 0.3) is 0 Å². The van der Waals surface area contributed by atoms with Crippen molar-refractivity contribution in [2.45, 2.75) is 19.0 Å². The Morgan fingerprint density at radius 1 is 1.29 bits per heavy atom. The molecule has 0 aromatic carbocycles. The Morgan fingerprint density at radius 3 is 2.58 bits per heavy atom. The van der Waals surface area contributed by atoms with Gasteiger partial charge in [-0.15, -0.1) is 0 Å². The third-order valence-electron chi connectivity index (χ3n) is 5.54. The Bertz CT molecular complexity index is 998. The number of pyridine rings is 2. The number of aryl methyl sites for hydroxylation is 1. The number of halogens is 3. The molecule has 1 aliphatic rings. The Hall–Kier alpha value is -3.04. The molecule has 0 radical (unpaired) electrons. The highest BCUT2D eigenvalue weighted by atomic mass is 19.4. The number of rotatable bonds is 5. The van der Waals surface area contributed by atoms with Crippen LogP contribution in [0.1, 0.15) is 28.8 Å². The molecule has 0 unspecified atom stereocenters. The summed E-state index contributed by atoms with van der Waals surface area (Å²) in [6.07, 6.45) is -0.350. The molecule has 1 fully saturated rings. The minimum Gasteiger partial charge on any atom is -0.496 e. The molecule has 1 amide bonds. The van der Waals surface area contributed by atoms with Crippen LogP contribution in [0.4, 0.5) is 19.0 Å². The second-order valence-electron chi connectivity index (χ2n) is 7.72. The molecule has 0 bridgehead atoms. The van der Waals surface area contributed by atoms with Crippen molar-refractivity contribution in [1.29, 1.82) is 0 Å². The average molecular weight is 438 g/mol. The van der Waals surface area contributed by atoms with Crippen molar-refractivity contribution in [3.05, 3.63) is 52.1 Å². The zero-order valence-electron chi connectivity index (χ0n) is 17.6. The van der Waals surface area contributed by atoms with Gasteiger partial charge in [-0.3, -0.25) is 9.59 Å². The molecule has 2 aromatic rings. The third-order valence-corrected chi connectivity index (χ3v) is 5.54. The smallest absolute Gasteiger partial charge is 0.416 e. The van der Waals surface area contributed by atoms with Crippen LogP contribution in [-0.4, -0.2) is 54.1 Å². The topological polar surface area (TPSA) is 67.7 Å². The monoisotopic (exact) mass is 438 g/mol. The summed E-state index contributed by atoms with van der Waals surface area (Å²) >= 11 is 0. The van der Waals surface area contributed by atoms with E-state index in [0.29, 0.717) is 38.0 Å². The fraction of sp³-hybridized carbons (Fsp3) is 0.476. The Morgan fingerprint density at radius 2 is 1.97 bits per heavy atom.